The largest absolute Gasteiger partial charge is 0.493 e. The molecular weight excluding hydrogens is 407 g/mol. The van der Waals surface area contributed by atoms with Gasteiger partial charge in [-0.25, -0.2) is 0 Å². The molecule has 1 aromatic carbocycles. The van der Waals surface area contributed by atoms with Crippen molar-refractivity contribution in [2.24, 2.45) is 11.7 Å². The first-order valence-corrected chi connectivity index (χ1v) is 9.17. The average molecular weight is 431 g/mol. The second-order valence-corrected chi connectivity index (χ2v) is 6.86. The van der Waals surface area contributed by atoms with Crippen molar-refractivity contribution in [3.63, 3.8) is 0 Å². The Balaban J connectivity index is 0.00000280. The lowest BCUT2D eigenvalue weighted by Crippen LogP contribution is -2.41. The molecule has 0 bridgehead atoms. The highest BCUT2D eigenvalue weighted by molar-refractivity contribution is 6.32. The number of hydrogen-bond donors (Lipinski definition) is 2. The first-order valence-electron chi connectivity index (χ1n) is 8.79. The van der Waals surface area contributed by atoms with Crippen molar-refractivity contribution in [1.29, 1.82) is 0 Å². The van der Waals surface area contributed by atoms with Crippen molar-refractivity contribution >= 4 is 29.9 Å². The minimum atomic E-state index is -0.0636. The molecule has 0 radical (unpaired) electrons. The van der Waals surface area contributed by atoms with E-state index in [9.17, 15) is 4.79 Å². The van der Waals surface area contributed by atoms with Crippen LogP contribution in [0.5, 0.6) is 11.5 Å². The predicted octanol–water partition coefficient (Wildman–Crippen LogP) is 2.62. The second kappa shape index (κ2) is 9.95. The Bertz CT molecular complexity index is 811. The maximum atomic E-state index is 12.1. The number of ether oxygens (including phenoxy) is 2. The Kier molecular flexibility index (Phi) is 7.91. The van der Waals surface area contributed by atoms with Gasteiger partial charge < -0.3 is 25.0 Å². The van der Waals surface area contributed by atoms with E-state index in [2.05, 4.69) is 15.5 Å². The molecule has 0 spiro atoms. The molecule has 28 heavy (non-hydrogen) atoms. The van der Waals surface area contributed by atoms with E-state index in [1.165, 1.54) is 14.2 Å². The Morgan fingerprint density at radius 1 is 1.39 bits per heavy atom. The van der Waals surface area contributed by atoms with Crippen LogP contribution in [0.25, 0.3) is 11.4 Å². The maximum absolute atomic E-state index is 12.1. The number of aromatic nitrogens is 2. The summed E-state index contributed by atoms with van der Waals surface area (Å²) in [6.07, 6.45) is 2.87. The molecule has 0 aliphatic heterocycles. The number of halogens is 2. The van der Waals surface area contributed by atoms with Crippen LogP contribution in [0.4, 0.5) is 0 Å². The normalized spacial score (nSPS) is 14.1. The van der Waals surface area contributed by atoms with Crippen LogP contribution in [0.3, 0.4) is 0 Å². The molecular formula is C18H24Cl2N4O4. The predicted molar refractivity (Wildman–Crippen MR) is 107 cm³/mol. The van der Waals surface area contributed by atoms with E-state index >= 15 is 0 Å². The minimum Gasteiger partial charge on any atom is -0.493 e. The summed E-state index contributed by atoms with van der Waals surface area (Å²) in [6, 6.07) is 3.45. The molecule has 1 aliphatic rings. The van der Waals surface area contributed by atoms with Gasteiger partial charge in [-0.3, -0.25) is 4.79 Å². The van der Waals surface area contributed by atoms with Crippen LogP contribution < -0.4 is 20.5 Å². The zero-order valence-corrected chi connectivity index (χ0v) is 17.3. The van der Waals surface area contributed by atoms with Gasteiger partial charge in [0, 0.05) is 31.0 Å². The molecule has 1 amide bonds. The second-order valence-electron chi connectivity index (χ2n) is 6.45. The number of carbonyl (C=O) groups is 1. The fourth-order valence-electron chi connectivity index (χ4n) is 2.89. The van der Waals surface area contributed by atoms with Crippen molar-refractivity contribution in [1.82, 2.24) is 15.5 Å². The van der Waals surface area contributed by atoms with Gasteiger partial charge in [0.05, 0.1) is 19.2 Å². The number of nitrogens with one attached hydrogen (secondary N) is 1. The fourth-order valence-corrected chi connectivity index (χ4v) is 3.18. The SMILES string of the molecule is COc1cc(-c2noc(CCC(=O)NC(CN)C3CC3)n2)cc(Cl)c1OC.Cl. The highest BCUT2D eigenvalue weighted by Gasteiger charge is 2.31. The number of carbonyl (C=O) groups excluding carboxylic acids is 1. The van der Waals surface area contributed by atoms with E-state index in [4.69, 9.17) is 31.3 Å². The molecule has 1 heterocycles. The zero-order chi connectivity index (χ0) is 19.4. The molecule has 3 N–H and O–H groups in total. The molecule has 1 saturated carbocycles. The Labute approximate surface area is 174 Å². The highest BCUT2D eigenvalue weighted by Crippen LogP contribution is 2.38. The van der Waals surface area contributed by atoms with Crippen LogP contribution in [0.2, 0.25) is 5.02 Å². The Morgan fingerprint density at radius 3 is 2.75 bits per heavy atom. The summed E-state index contributed by atoms with van der Waals surface area (Å²) < 4.78 is 15.7. The van der Waals surface area contributed by atoms with Crippen LogP contribution in [0.1, 0.15) is 25.2 Å². The third-order valence-corrected chi connectivity index (χ3v) is 4.80. The van der Waals surface area contributed by atoms with E-state index in [1.54, 1.807) is 12.1 Å². The number of methoxy groups -OCH3 is 2. The zero-order valence-electron chi connectivity index (χ0n) is 15.7. The number of rotatable bonds is 9. The van der Waals surface area contributed by atoms with E-state index in [0.717, 1.165) is 12.8 Å². The lowest BCUT2D eigenvalue weighted by atomic mass is 10.1. The smallest absolute Gasteiger partial charge is 0.227 e. The van der Waals surface area contributed by atoms with Crippen molar-refractivity contribution < 1.29 is 18.8 Å². The van der Waals surface area contributed by atoms with Crippen LogP contribution in [-0.2, 0) is 11.2 Å². The molecule has 1 unspecified atom stereocenters. The summed E-state index contributed by atoms with van der Waals surface area (Å²) in [5.41, 5.74) is 6.34. The van der Waals surface area contributed by atoms with E-state index < -0.39 is 0 Å². The Hall–Kier alpha value is -2.03. The van der Waals surface area contributed by atoms with Crippen LogP contribution in [-0.4, -0.2) is 42.9 Å². The van der Waals surface area contributed by atoms with E-state index in [1.807, 2.05) is 0 Å². The number of aryl methyl sites for hydroxylation is 1. The van der Waals surface area contributed by atoms with Crippen molar-refractivity contribution in [2.45, 2.75) is 31.7 Å². The molecule has 3 rings (SSSR count). The van der Waals surface area contributed by atoms with Gasteiger partial charge in [0.15, 0.2) is 11.5 Å². The highest BCUT2D eigenvalue weighted by atomic mass is 35.5. The van der Waals surface area contributed by atoms with Gasteiger partial charge >= 0.3 is 0 Å². The van der Waals surface area contributed by atoms with Gasteiger partial charge in [0.25, 0.3) is 0 Å². The molecule has 8 nitrogen and oxygen atoms in total. The quantitative estimate of drug-likeness (QED) is 0.628. The summed E-state index contributed by atoms with van der Waals surface area (Å²) in [4.78, 5) is 16.4. The number of nitrogens with two attached hydrogens (primary N) is 1. The average Bonchev–Trinajstić information content (AvgIpc) is 3.40. The van der Waals surface area contributed by atoms with Gasteiger partial charge in [-0.1, -0.05) is 16.8 Å². The third-order valence-electron chi connectivity index (χ3n) is 4.52. The van der Waals surface area contributed by atoms with Gasteiger partial charge in [0.1, 0.15) is 0 Å². The first kappa shape index (κ1) is 22.3. The molecule has 1 aliphatic carbocycles. The van der Waals surface area contributed by atoms with Crippen LogP contribution in [0.15, 0.2) is 16.7 Å². The molecule has 10 heteroatoms. The number of benzene rings is 1. The molecule has 0 saturated heterocycles. The van der Waals surface area contributed by atoms with Crippen molar-refractivity contribution in [3.05, 3.63) is 23.0 Å². The summed E-state index contributed by atoms with van der Waals surface area (Å²) in [6.45, 7) is 0.459. The standard InChI is InChI=1S/C18H23ClN4O4.ClH/c1-25-14-8-11(7-12(19)17(14)26-2)18-22-16(27-23-18)6-5-15(24)21-13(9-20)10-3-4-10;/h7-8,10,13H,3-6,9,20H2,1-2H3,(H,21,24);1H. The van der Waals surface area contributed by atoms with E-state index in [0.29, 0.717) is 52.7 Å². The van der Waals surface area contributed by atoms with Gasteiger partial charge in [0.2, 0.25) is 17.6 Å². The molecule has 1 atom stereocenters. The third kappa shape index (κ3) is 5.27. The van der Waals surface area contributed by atoms with Gasteiger partial charge in [-0.05, 0) is 30.9 Å². The number of amides is 1. The minimum absolute atomic E-state index is 0. The number of nitrogens with zero attached hydrogens (tertiary/aromatic N) is 2. The van der Waals surface area contributed by atoms with Crippen LogP contribution >= 0.6 is 24.0 Å². The summed E-state index contributed by atoms with van der Waals surface area (Å²) >= 11 is 6.21. The summed E-state index contributed by atoms with van der Waals surface area (Å²) in [5, 5.41) is 7.31. The topological polar surface area (TPSA) is 112 Å². The maximum Gasteiger partial charge on any atom is 0.227 e. The molecule has 2 aromatic rings. The fraction of sp³-hybridized carbons (Fsp3) is 0.500. The molecule has 1 aromatic heterocycles. The molecule has 154 valence electrons. The lowest BCUT2D eigenvalue weighted by molar-refractivity contribution is -0.121. The summed E-state index contributed by atoms with van der Waals surface area (Å²) in [5.74, 6) is 2.11. The molecule has 1 fully saturated rings. The van der Waals surface area contributed by atoms with E-state index in [-0.39, 0.29) is 30.8 Å². The lowest BCUT2D eigenvalue weighted by Gasteiger charge is -2.15. The summed E-state index contributed by atoms with van der Waals surface area (Å²) in [7, 11) is 3.04. The monoisotopic (exact) mass is 430 g/mol. The van der Waals surface area contributed by atoms with Crippen molar-refractivity contribution in [2.75, 3.05) is 20.8 Å². The van der Waals surface area contributed by atoms with Crippen LogP contribution in [0, 0.1) is 5.92 Å². The van der Waals surface area contributed by atoms with Gasteiger partial charge in [-0.2, -0.15) is 4.98 Å². The van der Waals surface area contributed by atoms with Crippen molar-refractivity contribution in [3.8, 4) is 22.9 Å². The number of hydrogen-bond acceptors (Lipinski definition) is 7. The van der Waals surface area contributed by atoms with Gasteiger partial charge in [-0.15, -0.1) is 12.4 Å². The first-order chi connectivity index (χ1) is 13.0. The Morgan fingerprint density at radius 2 is 2.14 bits per heavy atom.